The lowest BCUT2D eigenvalue weighted by Crippen LogP contribution is -2.60. The number of rotatable bonds is 2. The summed E-state index contributed by atoms with van der Waals surface area (Å²) in [4.78, 5) is 2.51. The van der Waals surface area contributed by atoms with Gasteiger partial charge in [0.15, 0.2) is 0 Å². The topological polar surface area (TPSA) is 13.1 Å². The van der Waals surface area contributed by atoms with Crippen LogP contribution in [0.4, 0.5) is 17.1 Å². The average molecular weight is 690 g/mol. The van der Waals surface area contributed by atoms with Gasteiger partial charge in [-0.3, -0.25) is 0 Å². The fourth-order valence-corrected chi connectivity index (χ4v) is 11.0. The number of hydrogen-bond acceptors (Lipinski definition) is 2. The molecule has 0 atom stereocenters. The molecule has 53 heavy (non-hydrogen) atoms. The number of thiophene rings is 1. The molecule has 0 fully saturated rings. The Hall–Kier alpha value is -6.56. The van der Waals surface area contributed by atoms with Crippen LogP contribution in [-0.4, -0.2) is 15.8 Å². The Balaban J connectivity index is 1.27. The Kier molecular flexibility index (Phi) is 5.33. The molecule has 244 valence electrons. The number of fused-ring (bicyclic) bond motifs is 14. The van der Waals surface area contributed by atoms with Crippen LogP contribution in [0.2, 0.25) is 0 Å². The van der Waals surface area contributed by atoms with Crippen LogP contribution in [0, 0.1) is 0 Å². The van der Waals surface area contributed by atoms with Gasteiger partial charge < -0.3 is 14.0 Å². The lowest BCUT2D eigenvalue weighted by Gasteiger charge is -2.40. The zero-order chi connectivity index (χ0) is 34.4. The van der Waals surface area contributed by atoms with Gasteiger partial charge >= 0.3 is 0 Å². The smallest absolute Gasteiger partial charge is 0.252 e. The molecule has 0 aliphatic carbocycles. The van der Waals surface area contributed by atoms with Gasteiger partial charge in [-0.05, 0) is 71.0 Å². The lowest BCUT2D eigenvalue weighted by atomic mass is 9.34. The number of para-hydroxylation sites is 5. The average Bonchev–Trinajstić information content (AvgIpc) is 3.88. The van der Waals surface area contributed by atoms with E-state index in [1.807, 2.05) is 11.3 Å². The first-order valence-electron chi connectivity index (χ1n) is 18.3. The van der Waals surface area contributed by atoms with Gasteiger partial charge in [-0.15, -0.1) is 11.3 Å². The molecule has 13 rings (SSSR count). The van der Waals surface area contributed by atoms with Crippen molar-refractivity contribution in [2.24, 2.45) is 0 Å². The van der Waals surface area contributed by atoms with E-state index in [1.54, 1.807) is 0 Å². The van der Waals surface area contributed by atoms with Gasteiger partial charge in [-0.25, -0.2) is 0 Å². The molecule has 0 saturated heterocycles. The van der Waals surface area contributed by atoms with Crippen LogP contribution < -0.4 is 21.3 Å². The minimum Gasteiger partial charge on any atom is -0.311 e. The van der Waals surface area contributed by atoms with E-state index < -0.39 is 0 Å². The molecule has 2 aliphatic rings. The third-order valence-corrected chi connectivity index (χ3v) is 13.0. The number of benzene rings is 8. The molecule has 0 amide bonds. The summed E-state index contributed by atoms with van der Waals surface area (Å²) in [5.41, 5.74) is 15.1. The molecule has 0 N–H and O–H groups in total. The van der Waals surface area contributed by atoms with E-state index in [0.29, 0.717) is 0 Å². The van der Waals surface area contributed by atoms with Crippen LogP contribution >= 0.6 is 11.3 Å². The normalized spacial score (nSPS) is 13.2. The molecule has 5 heterocycles. The Morgan fingerprint density at radius 3 is 1.87 bits per heavy atom. The second-order valence-corrected chi connectivity index (χ2v) is 15.5. The molecular weight excluding hydrogens is 661 g/mol. The highest BCUT2D eigenvalue weighted by atomic mass is 32.1. The van der Waals surface area contributed by atoms with Crippen molar-refractivity contribution in [1.82, 2.24) is 9.13 Å². The van der Waals surface area contributed by atoms with Crippen molar-refractivity contribution in [3.63, 3.8) is 0 Å². The van der Waals surface area contributed by atoms with E-state index in [9.17, 15) is 0 Å². The highest BCUT2D eigenvalue weighted by molar-refractivity contribution is 7.26. The molecule has 3 aromatic heterocycles. The van der Waals surface area contributed by atoms with Gasteiger partial charge in [0.1, 0.15) is 0 Å². The summed E-state index contributed by atoms with van der Waals surface area (Å²) < 4.78 is 7.78. The first-order valence-corrected chi connectivity index (χ1v) is 19.1. The van der Waals surface area contributed by atoms with Gasteiger partial charge in [-0.2, -0.15) is 0 Å². The van der Waals surface area contributed by atoms with E-state index in [2.05, 4.69) is 184 Å². The second kappa shape index (κ2) is 10.1. The molecule has 0 bridgehead atoms. The number of nitrogens with zero attached hydrogens (tertiary/aromatic N) is 3. The molecule has 0 radical (unpaired) electrons. The van der Waals surface area contributed by atoms with E-state index in [0.717, 1.165) is 11.4 Å². The summed E-state index contributed by atoms with van der Waals surface area (Å²) in [5, 5.41) is 7.82. The standard InChI is InChI=1S/C48H28BN3S/c1-2-13-29(14-3-1)50-40-23-10-7-19-36(40)49-37-20-12-18-33-34-25-26-44-45(35-17-6-11-24-43(35)53-44)48(34)52(47(33)37)42-28-30(27-41(50)46(42)49)51-38-21-8-4-15-31(38)32-16-5-9-22-39(32)51/h1-28H. The quantitative estimate of drug-likeness (QED) is 0.165. The van der Waals surface area contributed by atoms with Gasteiger partial charge in [0.2, 0.25) is 0 Å². The summed E-state index contributed by atoms with van der Waals surface area (Å²) in [6.07, 6.45) is 0. The maximum atomic E-state index is 2.64. The molecule has 3 nitrogen and oxygen atoms in total. The minimum absolute atomic E-state index is 0.0820. The summed E-state index contributed by atoms with van der Waals surface area (Å²) in [7, 11) is 0. The fourth-order valence-electron chi connectivity index (χ4n) is 9.87. The predicted molar refractivity (Wildman–Crippen MR) is 227 cm³/mol. The molecular formula is C48H28BN3S. The van der Waals surface area contributed by atoms with Crippen molar-refractivity contribution >= 4 is 115 Å². The van der Waals surface area contributed by atoms with E-state index >= 15 is 0 Å². The highest BCUT2D eigenvalue weighted by Gasteiger charge is 2.42. The Bertz CT molecular complexity index is 3320. The predicted octanol–water partition coefficient (Wildman–Crippen LogP) is 10.9. The van der Waals surface area contributed by atoms with Crippen LogP contribution in [-0.2, 0) is 0 Å². The molecule has 0 unspecified atom stereocenters. The largest absolute Gasteiger partial charge is 0.311 e. The Morgan fingerprint density at radius 1 is 0.396 bits per heavy atom. The third-order valence-electron chi connectivity index (χ3n) is 11.9. The van der Waals surface area contributed by atoms with Crippen molar-refractivity contribution in [1.29, 1.82) is 0 Å². The Morgan fingerprint density at radius 2 is 1.04 bits per heavy atom. The second-order valence-electron chi connectivity index (χ2n) is 14.4. The summed E-state index contributed by atoms with van der Waals surface area (Å²) in [5.74, 6) is 0. The third kappa shape index (κ3) is 3.50. The van der Waals surface area contributed by atoms with Crippen LogP contribution in [0.3, 0.4) is 0 Å². The molecule has 2 aliphatic heterocycles. The lowest BCUT2D eigenvalue weighted by molar-refractivity contribution is 1.13. The molecule has 5 heteroatoms. The molecule has 0 saturated carbocycles. The van der Waals surface area contributed by atoms with Gasteiger partial charge in [0, 0.05) is 70.0 Å². The van der Waals surface area contributed by atoms with Crippen molar-refractivity contribution < 1.29 is 0 Å². The van der Waals surface area contributed by atoms with Crippen molar-refractivity contribution in [3.8, 4) is 11.4 Å². The monoisotopic (exact) mass is 689 g/mol. The van der Waals surface area contributed by atoms with Crippen LogP contribution in [0.25, 0.3) is 75.2 Å². The number of aromatic nitrogens is 2. The van der Waals surface area contributed by atoms with Crippen LogP contribution in [0.5, 0.6) is 0 Å². The van der Waals surface area contributed by atoms with Gasteiger partial charge in [0.25, 0.3) is 6.71 Å². The van der Waals surface area contributed by atoms with E-state index in [4.69, 9.17) is 0 Å². The highest BCUT2D eigenvalue weighted by Crippen LogP contribution is 2.46. The molecule has 0 spiro atoms. The number of anilines is 3. The fraction of sp³-hybridized carbons (Fsp3) is 0. The summed E-state index contributed by atoms with van der Waals surface area (Å²) >= 11 is 1.90. The van der Waals surface area contributed by atoms with Crippen molar-refractivity contribution in [3.05, 3.63) is 170 Å². The molecule has 11 aromatic rings. The molecule has 8 aromatic carbocycles. The van der Waals surface area contributed by atoms with Crippen molar-refractivity contribution in [2.45, 2.75) is 0 Å². The maximum absolute atomic E-state index is 2.64. The SMILES string of the molecule is c1ccc(N2c3ccccc3B3c4c2cc(-n2c5ccccc5c5ccccc52)cc4-n2c4c3cccc4c3ccc4sc5ccccc5c4c32)cc1. The van der Waals surface area contributed by atoms with Crippen LogP contribution in [0.15, 0.2) is 170 Å². The first-order chi connectivity index (χ1) is 26.3. The first kappa shape index (κ1) is 28.1. The Labute approximate surface area is 309 Å². The van der Waals surface area contributed by atoms with E-state index in [-0.39, 0.29) is 6.71 Å². The maximum Gasteiger partial charge on any atom is 0.252 e. The number of hydrogen-bond donors (Lipinski definition) is 0. The van der Waals surface area contributed by atoms with Crippen LogP contribution in [0.1, 0.15) is 0 Å². The zero-order valence-corrected chi connectivity index (χ0v) is 29.3. The summed E-state index contributed by atoms with van der Waals surface area (Å²) in [6.45, 7) is 0.0820. The van der Waals surface area contributed by atoms with Gasteiger partial charge in [0.05, 0.1) is 22.2 Å². The van der Waals surface area contributed by atoms with Gasteiger partial charge in [-0.1, -0.05) is 115 Å². The van der Waals surface area contributed by atoms with E-state index in [1.165, 1.54) is 97.2 Å². The zero-order valence-electron chi connectivity index (χ0n) is 28.5. The minimum atomic E-state index is 0.0820. The van der Waals surface area contributed by atoms with Crippen molar-refractivity contribution in [2.75, 3.05) is 4.90 Å². The summed E-state index contributed by atoms with van der Waals surface area (Å²) in [6, 6.07) is 63.3.